The van der Waals surface area contributed by atoms with E-state index in [1.807, 2.05) is 12.1 Å². The first-order chi connectivity index (χ1) is 9.69. The molecule has 0 aliphatic rings. The fourth-order valence-electron chi connectivity index (χ4n) is 2.23. The molecule has 0 saturated carbocycles. The van der Waals surface area contributed by atoms with E-state index < -0.39 is 0 Å². The molecular weight excluding hydrogens is 277 g/mol. The Morgan fingerprint density at radius 2 is 1.90 bits per heavy atom. The van der Waals surface area contributed by atoms with E-state index in [0.29, 0.717) is 27.4 Å². The molecule has 0 atom stereocenters. The van der Waals surface area contributed by atoms with Gasteiger partial charge in [-0.1, -0.05) is 29.8 Å². The number of rotatable bonds is 2. The van der Waals surface area contributed by atoms with E-state index in [1.165, 1.54) is 12.1 Å². The highest BCUT2D eigenvalue weighted by Crippen LogP contribution is 2.30. The summed E-state index contributed by atoms with van der Waals surface area (Å²) in [5, 5.41) is 10.9. The van der Waals surface area contributed by atoms with Crippen molar-refractivity contribution in [3.63, 3.8) is 0 Å². The van der Waals surface area contributed by atoms with Crippen LogP contribution in [0.25, 0.3) is 22.0 Å². The van der Waals surface area contributed by atoms with Crippen LogP contribution < -0.4 is 0 Å². The lowest BCUT2D eigenvalue weighted by molar-refractivity contribution is 0.278. The van der Waals surface area contributed by atoms with Gasteiger partial charge in [-0.05, 0) is 35.9 Å². The molecule has 1 aromatic heterocycles. The Balaban J connectivity index is 2.31. The summed E-state index contributed by atoms with van der Waals surface area (Å²) in [6.07, 6.45) is 0. The third kappa shape index (κ3) is 2.26. The topological polar surface area (TPSA) is 33.1 Å². The zero-order valence-corrected chi connectivity index (χ0v) is 11.2. The number of hydrogen-bond donors (Lipinski definition) is 1. The number of benzene rings is 2. The van der Waals surface area contributed by atoms with Crippen LogP contribution in [0.1, 0.15) is 5.69 Å². The number of halogens is 2. The minimum atomic E-state index is -0.328. The highest BCUT2D eigenvalue weighted by atomic mass is 35.5. The second-order valence-corrected chi connectivity index (χ2v) is 4.86. The van der Waals surface area contributed by atoms with Crippen LogP contribution in [0, 0.1) is 5.82 Å². The van der Waals surface area contributed by atoms with E-state index in [2.05, 4.69) is 4.98 Å². The van der Waals surface area contributed by atoms with Crippen LogP contribution in [-0.2, 0) is 6.61 Å². The first-order valence-electron chi connectivity index (χ1n) is 6.14. The standard InChI is InChI=1S/C16H11ClFNO/c17-14-5-2-6-15-13(14)8-12(16(9-20)19-15)10-3-1-4-11(18)7-10/h1-8,20H,9H2. The third-order valence-electron chi connectivity index (χ3n) is 3.17. The average Bonchev–Trinajstić information content (AvgIpc) is 2.46. The summed E-state index contributed by atoms with van der Waals surface area (Å²) in [5.74, 6) is -0.328. The van der Waals surface area contributed by atoms with Gasteiger partial charge in [0.25, 0.3) is 0 Å². The van der Waals surface area contributed by atoms with Crippen molar-refractivity contribution in [3.05, 3.63) is 65.1 Å². The number of hydrogen-bond acceptors (Lipinski definition) is 2. The largest absolute Gasteiger partial charge is 0.390 e. The first-order valence-corrected chi connectivity index (χ1v) is 6.52. The molecule has 0 aliphatic carbocycles. The van der Waals surface area contributed by atoms with Gasteiger partial charge >= 0.3 is 0 Å². The molecule has 0 fully saturated rings. The molecule has 1 heterocycles. The summed E-state index contributed by atoms with van der Waals surface area (Å²) in [4.78, 5) is 4.40. The molecule has 1 N–H and O–H groups in total. The van der Waals surface area contributed by atoms with Crippen LogP contribution >= 0.6 is 11.6 Å². The highest BCUT2D eigenvalue weighted by molar-refractivity contribution is 6.35. The SMILES string of the molecule is OCc1nc2cccc(Cl)c2cc1-c1cccc(F)c1. The van der Waals surface area contributed by atoms with Crippen molar-refractivity contribution in [2.24, 2.45) is 0 Å². The van der Waals surface area contributed by atoms with Gasteiger partial charge in [0, 0.05) is 16.0 Å². The smallest absolute Gasteiger partial charge is 0.123 e. The summed E-state index contributed by atoms with van der Waals surface area (Å²) < 4.78 is 13.4. The van der Waals surface area contributed by atoms with Crippen LogP contribution in [0.3, 0.4) is 0 Å². The molecule has 3 rings (SSSR count). The van der Waals surface area contributed by atoms with Gasteiger partial charge < -0.3 is 5.11 Å². The number of aromatic nitrogens is 1. The second kappa shape index (κ2) is 5.19. The normalized spacial score (nSPS) is 10.9. The van der Waals surface area contributed by atoms with Crippen LogP contribution in [0.4, 0.5) is 4.39 Å². The number of nitrogens with zero attached hydrogens (tertiary/aromatic N) is 1. The molecule has 100 valence electrons. The van der Waals surface area contributed by atoms with E-state index in [4.69, 9.17) is 11.6 Å². The molecule has 4 heteroatoms. The Bertz CT molecular complexity index is 789. The van der Waals surface area contributed by atoms with E-state index in [1.54, 1.807) is 24.3 Å². The van der Waals surface area contributed by atoms with E-state index >= 15 is 0 Å². The van der Waals surface area contributed by atoms with Crippen molar-refractivity contribution >= 4 is 22.5 Å². The molecule has 0 bridgehead atoms. The molecule has 2 aromatic carbocycles. The van der Waals surface area contributed by atoms with Crippen LogP contribution in [0.5, 0.6) is 0 Å². The predicted molar refractivity (Wildman–Crippen MR) is 78.1 cm³/mol. The summed E-state index contributed by atoms with van der Waals surface area (Å²) in [6, 6.07) is 13.5. The van der Waals surface area contributed by atoms with Gasteiger partial charge in [0.1, 0.15) is 5.82 Å². The molecule has 0 aliphatic heterocycles. The fourth-order valence-corrected chi connectivity index (χ4v) is 2.45. The maximum atomic E-state index is 13.4. The Kier molecular flexibility index (Phi) is 3.38. The Hall–Kier alpha value is -1.97. The fraction of sp³-hybridized carbons (Fsp3) is 0.0625. The second-order valence-electron chi connectivity index (χ2n) is 4.46. The summed E-state index contributed by atoms with van der Waals surface area (Å²) in [7, 11) is 0. The van der Waals surface area contributed by atoms with Crippen molar-refractivity contribution in [2.45, 2.75) is 6.61 Å². The molecule has 0 radical (unpaired) electrons. The maximum absolute atomic E-state index is 13.4. The number of fused-ring (bicyclic) bond motifs is 1. The number of aliphatic hydroxyl groups excluding tert-OH is 1. The molecule has 0 saturated heterocycles. The predicted octanol–water partition coefficient (Wildman–Crippen LogP) is 4.19. The first kappa shape index (κ1) is 13.0. The Labute approximate surface area is 120 Å². The molecule has 2 nitrogen and oxygen atoms in total. The van der Waals surface area contributed by atoms with Crippen molar-refractivity contribution < 1.29 is 9.50 Å². The zero-order valence-electron chi connectivity index (χ0n) is 10.5. The Morgan fingerprint density at radius 3 is 2.65 bits per heavy atom. The van der Waals surface area contributed by atoms with E-state index in [9.17, 15) is 9.50 Å². The van der Waals surface area contributed by atoms with Crippen LogP contribution in [0.15, 0.2) is 48.5 Å². The van der Waals surface area contributed by atoms with E-state index in [-0.39, 0.29) is 12.4 Å². The van der Waals surface area contributed by atoms with Gasteiger partial charge in [-0.3, -0.25) is 0 Å². The molecule has 20 heavy (non-hydrogen) atoms. The minimum absolute atomic E-state index is 0.214. The van der Waals surface area contributed by atoms with Crippen molar-refractivity contribution in [3.8, 4) is 11.1 Å². The van der Waals surface area contributed by atoms with Crippen molar-refractivity contribution in [2.75, 3.05) is 0 Å². The van der Waals surface area contributed by atoms with Gasteiger partial charge in [0.15, 0.2) is 0 Å². The summed E-state index contributed by atoms with van der Waals surface area (Å²) in [6.45, 7) is -0.214. The highest BCUT2D eigenvalue weighted by Gasteiger charge is 2.10. The van der Waals surface area contributed by atoms with Gasteiger partial charge in [-0.25, -0.2) is 9.37 Å². The molecule has 3 aromatic rings. The summed E-state index contributed by atoms with van der Waals surface area (Å²) in [5.41, 5.74) is 2.57. The maximum Gasteiger partial charge on any atom is 0.123 e. The Morgan fingerprint density at radius 1 is 1.10 bits per heavy atom. The third-order valence-corrected chi connectivity index (χ3v) is 3.50. The average molecular weight is 288 g/mol. The molecule has 0 spiro atoms. The molecular formula is C16H11ClFNO. The van der Waals surface area contributed by atoms with Crippen molar-refractivity contribution in [1.82, 2.24) is 4.98 Å². The van der Waals surface area contributed by atoms with E-state index in [0.717, 1.165) is 5.39 Å². The minimum Gasteiger partial charge on any atom is -0.390 e. The number of pyridine rings is 1. The van der Waals surface area contributed by atoms with Gasteiger partial charge in [-0.15, -0.1) is 0 Å². The van der Waals surface area contributed by atoms with Crippen molar-refractivity contribution in [1.29, 1.82) is 0 Å². The van der Waals surface area contributed by atoms with Gasteiger partial charge in [-0.2, -0.15) is 0 Å². The lowest BCUT2D eigenvalue weighted by atomic mass is 10.0. The molecule has 0 amide bonds. The lowest BCUT2D eigenvalue weighted by Gasteiger charge is -2.10. The monoisotopic (exact) mass is 287 g/mol. The quantitative estimate of drug-likeness (QED) is 0.767. The molecule has 0 unspecified atom stereocenters. The zero-order chi connectivity index (χ0) is 14.1. The van der Waals surface area contributed by atoms with Gasteiger partial charge in [0.05, 0.1) is 17.8 Å². The lowest BCUT2D eigenvalue weighted by Crippen LogP contribution is -1.96. The van der Waals surface area contributed by atoms with Crippen LogP contribution in [0.2, 0.25) is 5.02 Å². The van der Waals surface area contributed by atoms with Crippen LogP contribution in [-0.4, -0.2) is 10.1 Å². The van der Waals surface area contributed by atoms with Gasteiger partial charge in [0.2, 0.25) is 0 Å². The number of aliphatic hydroxyl groups is 1. The summed E-state index contributed by atoms with van der Waals surface area (Å²) >= 11 is 6.17.